The number of carbonyl (C=O) groups is 2. The van der Waals surface area contributed by atoms with Gasteiger partial charge in [-0.2, -0.15) is 0 Å². The molecule has 2 unspecified atom stereocenters. The zero-order chi connectivity index (χ0) is 42.3. The Morgan fingerprint density at radius 2 is 0.887 bits per heavy atom. The fraction of sp³-hybridized carbons (Fsp3) is 0.185. The van der Waals surface area contributed by atoms with Gasteiger partial charge in [-0.05, 0) is 76.3 Å². The van der Waals surface area contributed by atoms with Crippen LogP contribution in [0.3, 0.4) is 0 Å². The van der Waals surface area contributed by atoms with Gasteiger partial charge in [-0.25, -0.2) is 9.97 Å². The van der Waals surface area contributed by atoms with E-state index >= 15 is 0 Å². The van der Waals surface area contributed by atoms with E-state index in [1.165, 1.54) is 0 Å². The maximum Gasteiger partial charge on any atom is 0.306 e. The third-order valence-electron chi connectivity index (χ3n) is 13.3. The second-order valence-electron chi connectivity index (χ2n) is 16.6. The van der Waals surface area contributed by atoms with Crippen LogP contribution in [-0.2, 0) is 46.4 Å². The molecule has 2 heterocycles. The summed E-state index contributed by atoms with van der Waals surface area (Å²) in [5, 5.41) is 20.1. The van der Waals surface area contributed by atoms with E-state index in [2.05, 4.69) is 155 Å². The number of benzene rings is 6. The van der Waals surface area contributed by atoms with Crippen molar-refractivity contribution in [1.82, 2.24) is 19.1 Å². The van der Waals surface area contributed by atoms with Crippen molar-refractivity contribution in [3.8, 4) is 11.1 Å². The number of hydrogen-bond acceptors (Lipinski definition) is 4. The minimum atomic E-state index is -0.866. The predicted molar refractivity (Wildman–Crippen MR) is 239 cm³/mol. The number of aromatic nitrogens is 4. The number of carboxylic acids is 2. The number of aryl methyl sites for hydroxylation is 1. The Labute approximate surface area is 360 Å². The Hall–Kier alpha value is -7.32. The lowest BCUT2D eigenvalue weighted by Crippen LogP contribution is -2.39. The summed E-state index contributed by atoms with van der Waals surface area (Å²) in [5.74, 6) is -2.49. The first-order chi connectivity index (χ1) is 30.4. The van der Waals surface area contributed by atoms with Crippen molar-refractivity contribution in [2.24, 2.45) is 11.8 Å². The lowest BCUT2D eigenvalue weighted by atomic mass is 9.74. The Bertz CT molecular complexity index is 2790. The molecule has 0 radical (unpaired) electrons. The molecule has 62 heavy (non-hydrogen) atoms. The van der Waals surface area contributed by atoms with Crippen LogP contribution in [0.25, 0.3) is 11.1 Å². The Balaban J connectivity index is 1.15. The van der Waals surface area contributed by atoms with Crippen LogP contribution in [-0.4, -0.2) is 41.3 Å². The SMILES string of the molecule is O=C(O)C1CCc2c(ncn2C(c2ccccc2)(c2ccccc2)c2ccc(-c3cccc(C(c4ccccc4)(c4ccccc4)n4cnc5c4CC(C(=O)O)CC5)c3)cc2)C1. The Kier molecular flexibility index (Phi) is 9.99. The summed E-state index contributed by atoms with van der Waals surface area (Å²) in [6.45, 7) is 0. The van der Waals surface area contributed by atoms with Crippen molar-refractivity contribution < 1.29 is 19.8 Å². The minimum Gasteiger partial charge on any atom is -0.481 e. The summed E-state index contributed by atoms with van der Waals surface area (Å²) in [6, 6.07) is 59.5. The van der Waals surface area contributed by atoms with Gasteiger partial charge in [0.15, 0.2) is 0 Å². The van der Waals surface area contributed by atoms with Crippen molar-refractivity contribution in [2.75, 3.05) is 0 Å². The largest absolute Gasteiger partial charge is 0.481 e. The molecule has 8 heteroatoms. The molecule has 0 saturated heterocycles. The van der Waals surface area contributed by atoms with Crippen LogP contribution in [0.15, 0.2) is 183 Å². The summed E-state index contributed by atoms with van der Waals surface area (Å²) in [6.07, 6.45) is 6.98. The summed E-state index contributed by atoms with van der Waals surface area (Å²) < 4.78 is 4.53. The predicted octanol–water partition coefficient (Wildman–Crippen LogP) is 9.81. The fourth-order valence-electron chi connectivity index (χ4n) is 10.4. The lowest BCUT2D eigenvalue weighted by Gasteiger charge is -2.40. The second-order valence-corrected chi connectivity index (χ2v) is 16.6. The number of aliphatic carboxylic acids is 2. The molecule has 0 aliphatic heterocycles. The number of imidazole rings is 2. The van der Waals surface area contributed by atoms with E-state index in [1.807, 2.05) is 36.9 Å². The van der Waals surface area contributed by atoms with E-state index in [4.69, 9.17) is 9.97 Å². The average molecular weight is 815 g/mol. The van der Waals surface area contributed by atoms with Crippen LogP contribution in [0.4, 0.5) is 0 Å². The molecule has 2 N–H and O–H groups in total. The molecule has 0 spiro atoms. The zero-order valence-electron chi connectivity index (χ0n) is 34.2. The van der Waals surface area contributed by atoms with Crippen molar-refractivity contribution in [2.45, 2.75) is 49.6 Å². The fourth-order valence-corrected chi connectivity index (χ4v) is 10.4. The molecule has 8 nitrogen and oxygen atoms in total. The number of fused-ring (bicyclic) bond motifs is 2. The van der Waals surface area contributed by atoms with Crippen LogP contribution in [0.1, 0.15) is 69.0 Å². The highest BCUT2D eigenvalue weighted by Gasteiger charge is 2.44. The third-order valence-corrected chi connectivity index (χ3v) is 13.3. The lowest BCUT2D eigenvalue weighted by molar-refractivity contribution is -0.143. The number of rotatable bonds is 11. The van der Waals surface area contributed by atoms with Crippen molar-refractivity contribution >= 4 is 11.9 Å². The molecule has 0 fully saturated rings. The molecule has 2 aliphatic carbocycles. The molecule has 0 bridgehead atoms. The zero-order valence-corrected chi connectivity index (χ0v) is 34.2. The normalized spacial score (nSPS) is 16.3. The third kappa shape index (κ3) is 6.36. The summed E-state index contributed by atoms with van der Waals surface area (Å²) in [7, 11) is 0. The van der Waals surface area contributed by atoms with E-state index in [0.29, 0.717) is 38.5 Å². The van der Waals surface area contributed by atoms with Crippen LogP contribution in [0.2, 0.25) is 0 Å². The molecule has 0 amide bonds. The monoisotopic (exact) mass is 814 g/mol. The molecular formula is C54H46N4O4. The van der Waals surface area contributed by atoms with Crippen molar-refractivity contribution in [3.05, 3.63) is 239 Å². The van der Waals surface area contributed by atoms with Crippen LogP contribution < -0.4 is 0 Å². The van der Waals surface area contributed by atoms with Gasteiger partial charge in [-0.1, -0.05) is 164 Å². The number of nitrogens with zero attached hydrogens (tertiary/aromatic N) is 4. The summed E-state index contributed by atoms with van der Waals surface area (Å²) in [4.78, 5) is 34.4. The maximum atomic E-state index is 12.4. The van der Waals surface area contributed by atoms with Gasteiger partial charge >= 0.3 is 11.9 Å². The van der Waals surface area contributed by atoms with Gasteiger partial charge in [0, 0.05) is 24.2 Å². The van der Waals surface area contributed by atoms with Gasteiger partial charge in [-0.15, -0.1) is 0 Å². The van der Waals surface area contributed by atoms with Crippen LogP contribution >= 0.6 is 0 Å². The number of carboxylic acid groups (broad SMARTS) is 2. The highest BCUT2D eigenvalue weighted by molar-refractivity contribution is 5.72. The molecule has 2 atom stereocenters. The molecule has 2 aromatic heterocycles. The highest BCUT2D eigenvalue weighted by Crippen LogP contribution is 2.46. The Morgan fingerprint density at radius 3 is 1.42 bits per heavy atom. The number of hydrogen-bond donors (Lipinski definition) is 2. The van der Waals surface area contributed by atoms with E-state index in [0.717, 1.165) is 67.3 Å². The van der Waals surface area contributed by atoms with Gasteiger partial charge in [0.25, 0.3) is 0 Å². The molecule has 10 rings (SSSR count). The van der Waals surface area contributed by atoms with Gasteiger partial charge in [0.1, 0.15) is 11.1 Å². The van der Waals surface area contributed by atoms with Crippen molar-refractivity contribution in [1.29, 1.82) is 0 Å². The van der Waals surface area contributed by atoms with Gasteiger partial charge in [0.05, 0.1) is 35.9 Å². The second kappa shape index (κ2) is 15.9. The van der Waals surface area contributed by atoms with Crippen LogP contribution in [0, 0.1) is 11.8 Å². The van der Waals surface area contributed by atoms with Gasteiger partial charge in [-0.3, -0.25) is 9.59 Å². The molecule has 2 aliphatic rings. The first-order valence-electron chi connectivity index (χ1n) is 21.4. The molecule has 0 saturated carbocycles. The molecule has 6 aromatic carbocycles. The summed E-state index contributed by atoms with van der Waals surface area (Å²) in [5.41, 5.74) is 10.5. The van der Waals surface area contributed by atoms with Gasteiger partial charge < -0.3 is 19.3 Å². The molecule has 8 aromatic rings. The topological polar surface area (TPSA) is 110 Å². The molecular weight excluding hydrogens is 769 g/mol. The quantitative estimate of drug-likeness (QED) is 0.126. The molecule has 306 valence electrons. The van der Waals surface area contributed by atoms with E-state index in [-0.39, 0.29) is 0 Å². The standard InChI is InChI=1S/C54H46N4O4/c59-51(60)39-27-31-49-48(33-39)56-36-57(49)53(41-15-5-1-6-16-41,42-17-7-2-8-18-42)45-28-24-37(25-29-45)38-14-13-23-46(32-38)54(43-19-9-3-10-20-43,44-21-11-4-12-22-44)58-35-55-47-30-26-40(52(61)62)34-50(47)58/h1-25,28-29,32,35-36,39-40H,26-27,30-31,33-34H2,(H,59,60)(H,61,62). The Morgan fingerprint density at radius 1 is 0.452 bits per heavy atom. The van der Waals surface area contributed by atoms with Gasteiger partial charge in [0.2, 0.25) is 0 Å². The van der Waals surface area contributed by atoms with E-state index in [1.54, 1.807) is 0 Å². The summed E-state index contributed by atoms with van der Waals surface area (Å²) >= 11 is 0. The van der Waals surface area contributed by atoms with Crippen molar-refractivity contribution in [3.63, 3.8) is 0 Å². The van der Waals surface area contributed by atoms with E-state index in [9.17, 15) is 19.8 Å². The highest BCUT2D eigenvalue weighted by atomic mass is 16.4. The van der Waals surface area contributed by atoms with E-state index < -0.39 is 34.9 Å². The average Bonchev–Trinajstić information content (AvgIpc) is 3.96. The first-order valence-corrected chi connectivity index (χ1v) is 21.4. The maximum absolute atomic E-state index is 12.4. The minimum absolute atomic E-state index is 0.401. The smallest absolute Gasteiger partial charge is 0.306 e. The van der Waals surface area contributed by atoms with Crippen LogP contribution in [0.5, 0.6) is 0 Å². The first kappa shape index (κ1) is 38.9.